The van der Waals surface area contributed by atoms with E-state index in [1.54, 1.807) is 4.80 Å². The van der Waals surface area contributed by atoms with Gasteiger partial charge < -0.3 is 5.32 Å². The van der Waals surface area contributed by atoms with Gasteiger partial charge in [0.05, 0.1) is 5.69 Å². The van der Waals surface area contributed by atoms with Crippen molar-refractivity contribution in [2.75, 3.05) is 11.9 Å². The number of rotatable bonds is 4. The van der Waals surface area contributed by atoms with Gasteiger partial charge in [-0.15, -0.1) is 10.2 Å². The fourth-order valence-corrected chi connectivity index (χ4v) is 2.11. The predicted molar refractivity (Wildman–Crippen MR) is 82.7 cm³/mol. The Kier molecular flexibility index (Phi) is 3.56. The molecule has 3 aromatic rings. The van der Waals surface area contributed by atoms with E-state index in [2.05, 4.69) is 22.4 Å². The minimum absolute atomic E-state index is 0.705. The molecule has 0 saturated carbocycles. The number of nitrogens with zero attached hydrogens (tertiary/aromatic N) is 3. The van der Waals surface area contributed by atoms with Crippen LogP contribution in [0.15, 0.2) is 42.5 Å². The quantitative estimate of drug-likeness (QED) is 0.791. The summed E-state index contributed by atoms with van der Waals surface area (Å²) in [5.41, 5.74) is 3.72. The van der Waals surface area contributed by atoms with Crippen molar-refractivity contribution in [1.29, 1.82) is 0 Å². The van der Waals surface area contributed by atoms with Gasteiger partial charge in [-0.05, 0) is 48.9 Å². The molecule has 0 fully saturated rings. The second-order valence-corrected chi connectivity index (χ2v) is 5.03. The van der Waals surface area contributed by atoms with E-state index in [-0.39, 0.29) is 0 Å². The Balaban J connectivity index is 1.95. The molecule has 0 bridgehead atoms. The highest BCUT2D eigenvalue weighted by molar-refractivity contribution is 6.30. The van der Waals surface area contributed by atoms with Crippen molar-refractivity contribution in [3.8, 4) is 5.69 Å². The molecule has 2 aromatic carbocycles. The average Bonchev–Trinajstić information content (AvgIpc) is 2.89. The number of hydrogen-bond acceptors (Lipinski definition) is 3. The first-order valence-electron chi connectivity index (χ1n) is 6.63. The van der Waals surface area contributed by atoms with Gasteiger partial charge in [-0.1, -0.05) is 18.5 Å². The molecule has 0 aliphatic rings. The maximum Gasteiger partial charge on any atom is 0.115 e. The predicted octanol–water partition coefficient (Wildman–Crippen LogP) is 3.90. The highest BCUT2D eigenvalue weighted by atomic mass is 35.5. The summed E-state index contributed by atoms with van der Waals surface area (Å²) in [4.78, 5) is 1.63. The van der Waals surface area contributed by atoms with Gasteiger partial charge in [-0.2, -0.15) is 4.80 Å². The molecule has 4 nitrogen and oxygen atoms in total. The van der Waals surface area contributed by atoms with Crippen molar-refractivity contribution in [2.24, 2.45) is 0 Å². The number of aromatic nitrogens is 3. The fourth-order valence-electron chi connectivity index (χ4n) is 1.98. The number of anilines is 1. The Morgan fingerprint density at radius 1 is 1.05 bits per heavy atom. The molecule has 0 aliphatic heterocycles. The molecule has 1 heterocycles. The summed E-state index contributed by atoms with van der Waals surface area (Å²) in [6.45, 7) is 3.10. The van der Waals surface area contributed by atoms with E-state index in [1.807, 2.05) is 42.5 Å². The van der Waals surface area contributed by atoms with E-state index in [0.717, 1.165) is 35.4 Å². The van der Waals surface area contributed by atoms with Gasteiger partial charge in [0.2, 0.25) is 0 Å². The zero-order chi connectivity index (χ0) is 13.9. The van der Waals surface area contributed by atoms with Crippen LogP contribution in [0.5, 0.6) is 0 Å². The lowest BCUT2D eigenvalue weighted by Crippen LogP contribution is -1.99. The van der Waals surface area contributed by atoms with Crippen LogP contribution in [0.1, 0.15) is 13.3 Å². The first-order chi connectivity index (χ1) is 9.76. The molecule has 0 aliphatic carbocycles. The zero-order valence-corrected chi connectivity index (χ0v) is 11.9. The van der Waals surface area contributed by atoms with Crippen molar-refractivity contribution < 1.29 is 0 Å². The molecule has 0 amide bonds. The lowest BCUT2D eigenvalue weighted by atomic mass is 10.2. The van der Waals surface area contributed by atoms with Crippen molar-refractivity contribution in [3.63, 3.8) is 0 Å². The summed E-state index contributed by atoms with van der Waals surface area (Å²) >= 11 is 5.89. The average molecular weight is 287 g/mol. The molecule has 1 N–H and O–H groups in total. The fraction of sp³-hybridized carbons (Fsp3) is 0.200. The Bertz CT molecular complexity index is 718. The second kappa shape index (κ2) is 5.51. The van der Waals surface area contributed by atoms with Crippen LogP contribution in [0, 0.1) is 0 Å². The SMILES string of the molecule is CCCNc1ccc2nn(-c3ccc(Cl)cc3)nc2c1. The van der Waals surface area contributed by atoms with Crippen molar-refractivity contribution >= 4 is 28.3 Å². The molecule has 0 atom stereocenters. The van der Waals surface area contributed by atoms with Crippen LogP contribution in [0.4, 0.5) is 5.69 Å². The van der Waals surface area contributed by atoms with E-state index in [4.69, 9.17) is 11.6 Å². The van der Waals surface area contributed by atoms with Crippen LogP contribution in [0.2, 0.25) is 5.02 Å². The zero-order valence-electron chi connectivity index (χ0n) is 11.2. The number of nitrogens with one attached hydrogen (secondary N) is 1. The van der Waals surface area contributed by atoms with Gasteiger partial charge in [-0.3, -0.25) is 0 Å². The largest absolute Gasteiger partial charge is 0.385 e. The molecular formula is C15H15ClN4. The highest BCUT2D eigenvalue weighted by Crippen LogP contribution is 2.18. The maximum absolute atomic E-state index is 5.89. The molecule has 0 saturated heterocycles. The molecule has 0 unspecified atom stereocenters. The highest BCUT2D eigenvalue weighted by Gasteiger charge is 2.05. The van der Waals surface area contributed by atoms with E-state index in [0.29, 0.717) is 5.02 Å². The third-order valence-electron chi connectivity index (χ3n) is 3.02. The number of benzene rings is 2. The monoisotopic (exact) mass is 286 g/mol. The molecule has 3 rings (SSSR count). The third-order valence-corrected chi connectivity index (χ3v) is 3.27. The summed E-state index contributed by atoms with van der Waals surface area (Å²) in [5.74, 6) is 0. The van der Waals surface area contributed by atoms with Crippen molar-refractivity contribution in [2.45, 2.75) is 13.3 Å². The van der Waals surface area contributed by atoms with Crippen LogP contribution in [-0.2, 0) is 0 Å². The van der Waals surface area contributed by atoms with E-state index in [9.17, 15) is 0 Å². The standard InChI is InChI=1S/C15H15ClN4/c1-2-9-17-12-5-8-14-15(10-12)19-20(18-14)13-6-3-11(16)4-7-13/h3-8,10,17H,2,9H2,1H3. The van der Waals surface area contributed by atoms with Crippen LogP contribution < -0.4 is 5.32 Å². The summed E-state index contributed by atoms with van der Waals surface area (Å²) in [7, 11) is 0. The minimum Gasteiger partial charge on any atom is -0.385 e. The molecular weight excluding hydrogens is 272 g/mol. The van der Waals surface area contributed by atoms with Gasteiger partial charge in [0.15, 0.2) is 0 Å². The van der Waals surface area contributed by atoms with Crippen LogP contribution in [-0.4, -0.2) is 21.5 Å². The summed E-state index contributed by atoms with van der Waals surface area (Å²) in [5, 5.41) is 13.0. The number of hydrogen-bond donors (Lipinski definition) is 1. The van der Waals surface area contributed by atoms with Gasteiger partial charge in [-0.25, -0.2) is 0 Å². The maximum atomic E-state index is 5.89. The number of fused-ring (bicyclic) bond motifs is 1. The Hall–Kier alpha value is -2.07. The van der Waals surface area contributed by atoms with E-state index < -0.39 is 0 Å². The topological polar surface area (TPSA) is 42.7 Å². The van der Waals surface area contributed by atoms with Crippen LogP contribution >= 0.6 is 11.6 Å². The van der Waals surface area contributed by atoms with Crippen LogP contribution in [0.25, 0.3) is 16.7 Å². The van der Waals surface area contributed by atoms with Crippen LogP contribution in [0.3, 0.4) is 0 Å². The van der Waals surface area contributed by atoms with E-state index in [1.165, 1.54) is 0 Å². The lowest BCUT2D eigenvalue weighted by molar-refractivity contribution is 0.766. The third kappa shape index (κ3) is 2.60. The van der Waals surface area contributed by atoms with Crippen molar-refractivity contribution in [3.05, 3.63) is 47.5 Å². The Labute approximate surface area is 122 Å². The molecule has 1 aromatic heterocycles. The van der Waals surface area contributed by atoms with Gasteiger partial charge in [0.1, 0.15) is 11.0 Å². The normalized spacial score (nSPS) is 10.9. The lowest BCUT2D eigenvalue weighted by Gasteiger charge is -2.02. The summed E-state index contributed by atoms with van der Waals surface area (Å²) in [6, 6.07) is 13.5. The smallest absolute Gasteiger partial charge is 0.115 e. The molecule has 5 heteroatoms. The molecule has 0 radical (unpaired) electrons. The summed E-state index contributed by atoms with van der Waals surface area (Å²) < 4.78 is 0. The van der Waals surface area contributed by atoms with Crippen molar-refractivity contribution in [1.82, 2.24) is 15.0 Å². The molecule has 20 heavy (non-hydrogen) atoms. The Morgan fingerprint density at radius 2 is 1.80 bits per heavy atom. The van der Waals surface area contributed by atoms with E-state index >= 15 is 0 Å². The Morgan fingerprint density at radius 3 is 2.55 bits per heavy atom. The molecule has 0 spiro atoms. The first kappa shape index (κ1) is 12.9. The van der Waals surface area contributed by atoms with Gasteiger partial charge >= 0.3 is 0 Å². The number of halogens is 1. The first-order valence-corrected chi connectivity index (χ1v) is 7.01. The van der Waals surface area contributed by atoms with Gasteiger partial charge in [0.25, 0.3) is 0 Å². The van der Waals surface area contributed by atoms with Gasteiger partial charge in [0, 0.05) is 17.3 Å². The summed E-state index contributed by atoms with van der Waals surface area (Å²) in [6.07, 6.45) is 1.09. The minimum atomic E-state index is 0.705. The second-order valence-electron chi connectivity index (χ2n) is 4.60. The molecule has 102 valence electrons.